The van der Waals surface area contributed by atoms with Gasteiger partial charge >= 0.3 is 6.09 Å². The molecule has 2 aliphatic carbocycles. The summed E-state index contributed by atoms with van der Waals surface area (Å²) in [4.78, 5) is 14.1. The van der Waals surface area contributed by atoms with Crippen LogP contribution in [0.3, 0.4) is 0 Å². The van der Waals surface area contributed by atoms with Gasteiger partial charge in [-0.2, -0.15) is 0 Å². The number of amides is 1. The number of carbonyl (C=O) groups is 1. The molecule has 0 aromatic heterocycles. The van der Waals surface area contributed by atoms with Gasteiger partial charge in [0.25, 0.3) is 0 Å². The van der Waals surface area contributed by atoms with Crippen LogP contribution in [0.1, 0.15) is 46.5 Å². The number of nitrogens with zero attached hydrogens (tertiary/aromatic N) is 1. The molecule has 0 heterocycles. The lowest BCUT2D eigenvalue weighted by Gasteiger charge is -2.28. The summed E-state index contributed by atoms with van der Waals surface area (Å²) in [5, 5.41) is 3.54. The number of rotatable bonds is 8. The third-order valence-corrected chi connectivity index (χ3v) is 3.91. The molecule has 122 valence electrons. The van der Waals surface area contributed by atoms with Crippen molar-refractivity contribution in [3.05, 3.63) is 0 Å². The van der Waals surface area contributed by atoms with Gasteiger partial charge in [-0.15, -0.1) is 0 Å². The van der Waals surface area contributed by atoms with Crippen LogP contribution in [0, 0.1) is 5.92 Å². The average Bonchev–Trinajstić information content (AvgIpc) is 3.24. The van der Waals surface area contributed by atoms with Crippen LogP contribution in [-0.2, 0) is 9.47 Å². The zero-order chi connectivity index (χ0) is 15.5. The average molecular weight is 298 g/mol. The van der Waals surface area contributed by atoms with E-state index in [-0.39, 0.29) is 6.09 Å². The van der Waals surface area contributed by atoms with Gasteiger partial charge in [-0.1, -0.05) is 0 Å². The Kier molecular flexibility index (Phi) is 5.49. The van der Waals surface area contributed by atoms with E-state index in [0.29, 0.717) is 18.6 Å². The van der Waals surface area contributed by atoms with E-state index in [1.165, 1.54) is 12.8 Å². The zero-order valence-electron chi connectivity index (χ0n) is 13.9. The van der Waals surface area contributed by atoms with Crippen molar-refractivity contribution in [1.82, 2.24) is 10.2 Å². The maximum Gasteiger partial charge on any atom is 0.410 e. The number of nitrogens with one attached hydrogen (secondary N) is 1. The Bertz CT molecular complexity index is 346. The maximum atomic E-state index is 12.2. The van der Waals surface area contributed by atoms with E-state index < -0.39 is 5.60 Å². The summed E-state index contributed by atoms with van der Waals surface area (Å²) in [5.74, 6) is 0.751. The predicted molar refractivity (Wildman–Crippen MR) is 82.4 cm³/mol. The number of hydrogen-bond donors (Lipinski definition) is 1. The minimum Gasteiger partial charge on any atom is -0.444 e. The summed E-state index contributed by atoms with van der Waals surface area (Å²) in [6, 6.07) is 0.804. The molecule has 5 nitrogen and oxygen atoms in total. The molecule has 1 N–H and O–H groups in total. The lowest BCUT2D eigenvalue weighted by Crippen LogP contribution is -2.44. The normalized spacial score (nSPS) is 20.2. The molecule has 2 fully saturated rings. The first kappa shape index (κ1) is 16.6. The van der Waals surface area contributed by atoms with Gasteiger partial charge in [-0.25, -0.2) is 4.79 Å². The van der Waals surface area contributed by atoms with Crippen molar-refractivity contribution in [2.75, 3.05) is 26.8 Å². The van der Waals surface area contributed by atoms with Gasteiger partial charge in [0.1, 0.15) is 5.60 Å². The number of ether oxygens (including phenoxy) is 2. The molecule has 0 bridgehead atoms. The third kappa shape index (κ3) is 5.83. The van der Waals surface area contributed by atoms with E-state index >= 15 is 0 Å². The first-order valence-electron chi connectivity index (χ1n) is 8.12. The van der Waals surface area contributed by atoms with Crippen molar-refractivity contribution in [3.63, 3.8) is 0 Å². The molecule has 2 rings (SSSR count). The van der Waals surface area contributed by atoms with Gasteiger partial charge in [-0.05, 0) is 52.4 Å². The molecule has 0 saturated heterocycles. The second kappa shape index (κ2) is 6.97. The first-order valence-corrected chi connectivity index (χ1v) is 8.12. The Morgan fingerprint density at radius 1 is 1.29 bits per heavy atom. The van der Waals surface area contributed by atoms with Gasteiger partial charge in [0.2, 0.25) is 0 Å². The maximum absolute atomic E-state index is 12.2. The quantitative estimate of drug-likeness (QED) is 0.747. The molecule has 0 spiro atoms. The molecular formula is C16H30N2O3. The van der Waals surface area contributed by atoms with Crippen molar-refractivity contribution in [3.8, 4) is 0 Å². The highest BCUT2D eigenvalue weighted by Crippen LogP contribution is 2.33. The fourth-order valence-corrected chi connectivity index (χ4v) is 2.54. The zero-order valence-corrected chi connectivity index (χ0v) is 13.9. The highest BCUT2D eigenvalue weighted by molar-refractivity contribution is 5.69. The molecule has 0 aliphatic heterocycles. The molecule has 5 heteroatoms. The van der Waals surface area contributed by atoms with Crippen LogP contribution in [0.2, 0.25) is 0 Å². The third-order valence-electron chi connectivity index (χ3n) is 3.91. The predicted octanol–water partition coefficient (Wildman–Crippen LogP) is 2.40. The van der Waals surface area contributed by atoms with Crippen LogP contribution in [0.25, 0.3) is 0 Å². The summed E-state index contributed by atoms with van der Waals surface area (Å²) < 4.78 is 10.8. The molecule has 1 atom stereocenters. The lowest BCUT2D eigenvalue weighted by molar-refractivity contribution is 0.0232. The summed E-state index contributed by atoms with van der Waals surface area (Å²) >= 11 is 0. The van der Waals surface area contributed by atoms with Crippen LogP contribution >= 0.6 is 0 Å². The van der Waals surface area contributed by atoms with Crippen molar-refractivity contribution in [2.24, 2.45) is 5.92 Å². The van der Waals surface area contributed by atoms with E-state index in [4.69, 9.17) is 9.47 Å². The molecule has 2 saturated carbocycles. The second-order valence-electron chi connectivity index (χ2n) is 7.26. The lowest BCUT2D eigenvalue weighted by atomic mass is 10.2. The summed E-state index contributed by atoms with van der Waals surface area (Å²) in [6.45, 7) is 8.01. The van der Waals surface area contributed by atoms with Gasteiger partial charge in [0.15, 0.2) is 0 Å². The Labute approximate surface area is 128 Å². The molecular weight excluding hydrogens is 268 g/mol. The number of hydrogen-bond acceptors (Lipinski definition) is 4. The smallest absolute Gasteiger partial charge is 0.410 e. The van der Waals surface area contributed by atoms with Gasteiger partial charge in [-0.3, -0.25) is 0 Å². The van der Waals surface area contributed by atoms with Crippen LogP contribution in [0.5, 0.6) is 0 Å². The molecule has 21 heavy (non-hydrogen) atoms. The Hall–Kier alpha value is -0.810. The van der Waals surface area contributed by atoms with Crippen molar-refractivity contribution in [1.29, 1.82) is 0 Å². The summed E-state index contributed by atoms with van der Waals surface area (Å²) in [5.41, 5.74) is -0.426. The summed E-state index contributed by atoms with van der Waals surface area (Å²) in [6.07, 6.45) is 4.60. The summed E-state index contributed by atoms with van der Waals surface area (Å²) in [7, 11) is 1.74. The second-order valence-corrected chi connectivity index (χ2v) is 7.26. The van der Waals surface area contributed by atoms with Gasteiger partial charge in [0, 0.05) is 32.3 Å². The van der Waals surface area contributed by atoms with E-state index in [1.54, 1.807) is 7.11 Å². The fourth-order valence-electron chi connectivity index (χ4n) is 2.54. The van der Waals surface area contributed by atoms with Gasteiger partial charge < -0.3 is 19.7 Å². The first-order chi connectivity index (χ1) is 9.90. The van der Waals surface area contributed by atoms with Crippen LogP contribution < -0.4 is 5.32 Å². The number of carbonyl (C=O) groups excluding carboxylic acids is 1. The standard InChI is InChI=1S/C16H30N2O3/c1-16(2,3)21-15(19)18(13-7-8-13)10-9-17-14(11-20-4)12-5-6-12/h12-14,17H,5-11H2,1-4H3. The molecule has 1 unspecified atom stereocenters. The van der Waals surface area contributed by atoms with Crippen LogP contribution in [-0.4, -0.2) is 55.5 Å². The van der Waals surface area contributed by atoms with Crippen molar-refractivity contribution >= 4 is 6.09 Å². The number of methoxy groups -OCH3 is 1. The molecule has 0 aromatic carbocycles. The van der Waals surface area contributed by atoms with Crippen LogP contribution in [0.4, 0.5) is 4.79 Å². The largest absolute Gasteiger partial charge is 0.444 e. The van der Waals surface area contributed by atoms with E-state index in [9.17, 15) is 4.79 Å². The minimum atomic E-state index is -0.426. The van der Waals surface area contributed by atoms with E-state index in [0.717, 1.165) is 31.9 Å². The highest BCUT2D eigenvalue weighted by atomic mass is 16.6. The molecule has 2 aliphatic rings. The van der Waals surface area contributed by atoms with E-state index in [2.05, 4.69) is 5.32 Å². The molecule has 0 aromatic rings. The fraction of sp³-hybridized carbons (Fsp3) is 0.938. The monoisotopic (exact) mass is 298 g/mol. The SMILES string of the molecule is COCC(NCCN(C(=O)OC(C)(C)C)C1CC1)C1CC1. The Balaban J connectivity index is 1.76. The Morgan fingerprint density at radius 3 is 2.43 bits per heavy atom. The molecule has 0 radical (unpaired) electrons. The van der Waals surface area contributed by atoms with Crippen LogP contribution in [0.15, 0.2) is 0 Å². The van der Waals surface area contributed by atoms with E-state index in [1.807, 2.05) is 25.7 Å². The van der Waals surface area contributed by atoms with Crippen molar-refractivity contribution in [2.45, 2.75) is 64.1 Å². The molecule has 1 amide bonds. The topological polar surface area (TPSA) is 50.8 Å². The highest BCUT2D eigenvalue weighted by Gasteiger charge is 2.35. The van der Waals surface area contributed by atoms with Crippen molar-refractivity contribution < 1.29 is 14.3 Å². The van der Waals surface area contributed by atoms with Gasteiger partial charge in [0.05, 0.1) is 6.61 Å². The Morgan fingerprint density at radius 2 is 1.95 bits per heavy atom. The minimum absolute atomic E-state index is 0.179.